The summed E-state index contributed by atoms with van der Waals surface area (Å²) >= 11 is 0. The van der Waals surface area contributed by atoms with Gasteiger partial charge in [0, 0.05) is 12.7 Å². The van der Waals surface area contributed by atoms with Crippen LogP contribution in [0.5, 0.6) is 0 Å². The molecule has 0 saturated carbocycles. The van der Waals surface area contributed by atoms with Crippen LogP contribution in [0.2, 0.25) is 0 Å². The molecule has 1 aliphatic rings. The van der Waals surface area contributed by atoms with Gasteiger partial charge in [-0.1, -0.05) is 18.2 Å². The van der Waals surface area contributed by atoms with Gasteiger partial charge in [-0.05, 0) is 48.1 Å². The molecule has 1 aromatic carbocycles. The lowest BCUT2D eigenvalue weighted by molar-refractivity contribution is 0.111. The van der Waals surface area contributed by atoms with Crippen molar-refractivity contribution in [3.8, 4) is 0 Å². The summed E-state index contributed by atoms with van der Waals surface area (Å²) in [5.41, 5.74) is 5.01. The van der Waals surface area contributed by atoms with Gasteiger partial charge in [0.05, 0.1) is 5.69 Å². The molecular formula is C15H15NO. The summed E-state index contributed by atoms with van der Waals surface area (Å²) in [5.74, 6) is 0. The second-order valence-electron chi connectivity index (χ2n) is 4.64. The first-order chi connectivity index (χ1) is 8.36. The quantitative estimate of drug-likeness (QED) is 0.736. The number of benzene rings is 1. The lowest BCUT2D eigenvalue weighted by Gasteiger charge is -2.07. The molecule has 0 aliphatic heterocycles. The number of nitrogens with zero attached hydrogens (tertiary/aromatic N) is 1. The zero-order valence-electron chi connectivity index (χ0n) is 9.73. The van der Waals surface area contributed by atoms with Crippen LogP contribution in [0.25, 0.3) is 0 Å². The molecule has 1 heterocycles. The summed E-state index contributed by atoms with van der Waals surface area (Å²) in [4.78, 5) is 10.8. The van der Waals surface area contributed by atoms with Crippen molar-refractivity contribution in [2.75, 3.05) is 0 Å². The van der Waals surface area contributed by atoms with Crippen LogP contribution in [0.1, 0.15) is 33.6 Å². The van der Waals surface area contributed by atoms with Gasteiger partial charge in [0.25, 0.3) is 0 Å². The van der Waals surface area contributed by atoms with E-state index < -0.39 is 0 Å². The van der Waals surface area contributed by atoms with E-state index in [-0.39, 0.29) is 0 Å². The SMILES string of the molecule is O=Cc1cccn1Cc1ccc2c(c1)CCC2. The molecule has 17 heavy (non-hydrogen) atoms. The summed E-state index contributed by atoms with van der Waals surface area (Å²) < 4.78 is 1.99. The van der Waals surface area contributed by atoms with Crippen LogP contribution in [0.15, 0.2) is 36.5 Å². The molecule has 0 bridgehead atoms. The van der Waals surface area contributed by atoms with E-state index in [1.54, 1.807) is 0 Å². The average molecular weight is 225 g/mol. The molecule has 1 aromatic heterocycles. The maximum Gasteiger partial charge on any atom is 0.166 e. The Morgan fingerprint density at radius 1 is 1.18 bits per heavy atom. The number of hydrogen-bond acceptors (Lipinski definition) is 1. The van der Waals surface area contributed by atoms with Crippen LogP contribution < -0.4 is 0 Å². The van der Waals surface area contributed by atoms with Crippen molar-refractivity contribution in [2.45, 2.75) is 25.8 Å². The molecule has 2 aromatic rings. The average Bonchev–Trinajstić information content (AvgIpc) is 2.96. The Morgan fingerprint density at radius 3 is 2.94 bits per heavy atom. The van der Waals surface area contributed by atoms with Crippen molar-refractivity contribution in [1.82, 2.24) is 4.57 Å². The van der Waals surface area contributed by atoms with Gasteiger partial charge >= 0.3 is 0 Å². The van der Waals surface area contributed by atoms with Crippen molar-refractivity contribution in [3.63, 3.8) is 0 Å². The highest BCUT2D eigenvalue weighted by Gasteiger charge is 2.11. The van der Waals surface area contributed by atoms with Crippen LogP contribution in [0.3, 0.4) is 0 Å². The molecule has 0 radical (unpaired) electrons. The van der Waals surface area contributed by atoms with Crippen LogP contribution in [0.4, 0.5) is 0 Å². The zero-order valence-corrected chi connectivity index (χ0v) is 9.73. The first-order valence-electron chi connectivity index (χ1n) is 6.08. The fraction of sp³-hybridized carbons (Fsp3) is 0.267. The Bertz CT molecular complexity index is 554. The van der Waals surface area contributed by atoms with E-state index in [0.717, 1.165) is 18.5 Å². The van der Waals surface area contributed by atoms with E-state index in [2.05, 4.69) is 18.2 Å². The third kappa shape index (κ3) is 1.91. The molecule has 0 atom stereocenters. The molecule has 0 saturated heterocycles. The first-order valence-corrected chi connectivity index (χ1v) is 6.08. The van der Waals surface area contributed by atoms with Gasteiger partial charge in [0.2, 0.25) is 0 Å². The summed E-state index contributed by atoms with van der Waals surface area (Å²) in [7, 11) is 0. The van der Waals surface area contributed by atoms with E-state index in [9.17, 15) is 4.79 Å². The maximum atomic E-state index is 10.8. The number of aldehydes is 1. The molecule has 2 heteroatoms. The van der Waals surface area contributed by atoms with E-state index in [4.69, 9.17) is 0 Å². The largest absolute Gasteiger partial charge is 0.341 e. The lowest BCUT2D eigenvalue weighted by atomic mass is 10.1. The number of carbonyl (C=O) groups excluding carboxylic acids is 1. The molecule has 0 N–H and O–H groups in total. The minimum atomic E-state index is 0.741. The monoisotopic (exact) mass is 225 g/mol. The highest BCUT2D eigenvalue weighted by Crippen LogP contribution is 2.23. The van der Waals surface area contributed by atoms with E-state index in [0.29, 0.717) is 0 Å². The van der Waals surface area contributed by atoms with Gasteiger partial charge in [-0.25, -0.2) is 0 Å². The fourth-order valence-electron chi connectivity index (χ4n) is 2.60. The predicted octanol–water partition coefficient (Wildman–Crippen LogP) is 2.84. The molecule has 0 unspecified atom stereocenters. The smallest absolute Gasteiger partial charge is 0.166 e. The summed E-state index contributed by atoms with van der Waals surface area (Å²) in [6.07, 6.45) is 6.57. The lowest BCUT2D eigenvalue weighted by Crippen LogP contribution is -2.02. The van der Waals surface area contributed by atoms with Crippen molar-refractivity contribution in [1.29, 1.82) is 0 Å². The Kier molecular flexibility index (Phi) is 2.56. The predicted molar refractivity (Wildman–Crippen MR) is 67.4 cm³/mol. The van der Waals surface area contributed by atoms with E-state index in [1.165, 1.54) is 36.0 Å². The van der Waals surface area contributed by atoms with Crippen LogP contribution in [-0.4, -0.2) is 10.9 Å². The third-order valence-corrected chi connectivity index (χ3v) is 3.50. The van der Waals surface area contributed by atoms with Crippen LogP contribution in [0, 0.1) is 0 Å². The summed E-state index contributed by atoms with van der Waals surface area (Å²) in [6.45, 7) is 0.786. The summed E-state index contributed by atoms with van der Waals surface area (Å²) in [5, 5.41) is 0. The van der Waals surface area contributed by atoms with Gasteiger partial charge in [0.1, 0.15) is 0 Å². The number of aryl methyl sites for hydroxylation is 2. The second kappa shape index (κ2) is 4.21. The normalized spacial score (nSPS) is 13.6. The van der Waals surface area contributed by atoms with Crippen LogP contribution in [-0.2, 0) is 19.4 Å². The topological polar surface area (TPSA) is 22.0 Å². The van der Waals surface area contributed by atoms with E-state index in [1.807, 2.05) is 22.9 Å². The molecule has 0 amide bonds. The second-order valence-corrected chi connectivity index (χ2v) is 4.64. The van der Waals surface area contributed by atoms with Crippen molar-refractivity contribution >= 4 is 6.29 Å². The Hall–Kier alpha value is -1.83. The van der Waals surface area contributed by atoms with Gasteiger partial charge in [-0.3, -0.25) is 4.79 Å². The number of hydrogen-bond donors (Lipinski definition) is 0. The minimum absolute atomic E-state index is 0.741. The van der Waals surface area contributed by atoms with Crippen molar-refractivity contribution in [3.05, 3.63) is 58.9 Å². The fourth-order valence-corrected chi connectivity index (χ4v) is 2.60. The van der Waals surface area contributed by atoms with Gasteiger partial charge in [-0.15, -0.1) is 0 Å². The number of rotatable bonds is 3. The van der Waals surface area contributed by atoms with Crippen molar-refractivity contribution < 1.29 is 4.79 Å². The molecule has 2 nitrogen and oxygen atoms in total. The molecule has 1 aliphatic carbocycles. The zero-order chi connectivity index (χ0) is 11.7. The Morgan fingerprint density at radius 2 is 2.06 bits per heavy atom. The van der Waals surface area contributed by atoms with Crippen molar-refractivity contribution in [2.24, 2.45) is 0 Å². The molecule has 0 fully saturated rings. The first kappa shape index (κ1) is 10.3. The minimum Gasteiger partial charge on any atom is -0.341 e. The molecule has 3 rings (SSSR count). The maximum absolute atomic E-state index is 10.8. The third-order valence-electron chi connectivity index (χ3n) is 3.50. The Labute approximate surface area is 101 Å². The molecular weight excluding hydrogens is 210 g/mol. The van der Waals surface area contributed by atoms with Gasteiger partial charge in [-0.2, -0.15) is 0 Å². The number of carbonyl (C=O) groups is 1. The van der Waals surface area contributed by atoms with Gasteiger partial charge in [0.15, 0.2) is 6.29 Å². The highest BCUT2D eigenvalue weighted by molar-refractivity contribution is 5.72. The molecule has 86 valence electrons. The van der Waals surface area contributed by atoms with Gasteiger partial charge < -0.3 is 4.57 Å². The molecule has 0 spiro atoms. The highest BCUT2D eigenvalue weighted by atomic mass is 16.1. The number of fused-ring (bicyclic) bond motifs is 1. The van der Waals surface area contributed by atoms with Crippen LogP contribution >= 0.6 is 0 Å². The summed E-state index contributed by atoms with van der Waals surface area (Å²) in [6, 6.07) is 10.5. The Balaban J connectivity index is 1.88. The number of aromatic nitrogens is 1. The standard InChI is InChI=1S/C15H15NO/c17-11-15-5-2-8-16(15)10-12-6-7-13-3-1-4-14(13)9-12/h2,5-9,11H,1,3-4,10H2. The van der Waals surface area contributed by atoms with E-state index >= 15 is 0 Å².